The number of ether oxygens (including phenoxy) is 1. The molecule has 7 heteroatoms. The Kier molecular flexibility index (Phi) is 5.68. The van der Waals surface area contributed by atoms with Gasteiger partial charge >= 0.3 is 0 Å². The second kappa shape index (κ2) is 7.99. The summed E-state index contributed by atoms with van der Waals surface area (Å²) in [6.07, 6.45) is 0. The highest BCUT2D eigenvalue weighted by Gasteiger charge is 2.15. The van der Waals surface area contributed by atoms with Crippen molar-refractivity contribution in [2.24, 2.45) is 0 Å². The zero-order valence-electron chi connectivity index (χ0n) is 15.5. The fourth-order valence-electron chi connectivity index (χ4n) is 2.70. The van der Waals surface area contributed by atoms with Crippen LogP contribution in [0, 0.1) is 32.1 Å². The van der Waals surface area contributed by atoms with Crippen LogP contribution in [0.2, 0.25) is 0 Å². The molecule has 0 saturated heterocycles. The number of fused-ring (bicyclic) bond motifs is 1. The Morgan fingerprint density at radius 2 is 2.11 bits per heavy atom. The van der Waals surface area contributed by atoms with Crippen LogP contribution in [0.4, 0.5) is 5.00 Å². The van der Waals surface area contributed by atoms with E-state index in [-0.39, 0.29) is 11.7 Å². The van der Waals surface area contributed by atoms with Crippen LogP contribution in [-0.4, -0.2) is 23.8 Å². The molecule has 1 aromatic carbocycles. The summed E-state index contributed by atoms with van der Waals surface area (Å²) in [6, 6.07) is 9.87. The van der Waals surface area contributed by atoms with Crippen LogP contribution in [0.5, 0.6) is 5.75 Å². The predicted octanol–water partition coefficient (Wildman–Crippen LogP) is 4.83. The molecule has 138 valence electrons. The number of benzene rings is 1. The van der Waals surface area contributed by atoms with Crippen LogP contribution in [0.15, 0.2) is 29.2 Å². The van der Waals surface area contributed by atoms with Gasteiger partial charge in [-0.1, -0.05) is 0 Å². The molecular weight excluding hydrogens is 378 g/mol. The molecule has 0 aliphatic heterocycles. The molecule has 0 aliphatic rings. The van der Waals surface area contributed by atoms with Crippen molar-refractivity contribution in [3.8, 4) is 11.8 Å². The van der Waals surface area contributed by atoms with Crippen LogP contribution >= 0.6 is 23.1 Å². The molecule has 0 bridgehead atoms. The molecule has 5 nitrogen and oxygen atoms in total. The number of hydrogen-bond donors (Lipinski definition) is 1. The fourth-order valence-corrected chi connectivity index (χ4v) is 4.66. The third kappa shape index (κ3) is 4.07. The first kappa shape index (κ1) is 19.2. The quantitative estimate of drug-likeness (QED) is 0.624. The maximum absolute atomic E-state index is 12.4. The monoisotopic (exact) mass is 397 g/mol. The fraction of sp³-hybridized carbons (Fsp3) is 0.250. The molecule has 0 atom stereocenters. The summed E-state index contributed by atoms with van der Waals surface area (Å²) in [7, 11) is 1.63. The SMILES string of the molecule is COc1ccc2nc(C)cc(SCC(=O)Nc3sc(C)c(C)c3C#N)c2c1. The molecule has 2 heterocycles. The van der Waals surface area contributed by atoms with E-state index in [0.29, 0.717) is 10.6 Å². The molecular formula is C20H19N3O2S2. The van der Waals surface area contributed by atoms with Gasteiger partial charge in [-0.3, -0.25) is 9.78 Å². The summed E-state index contributed by atoms with van der Waals surface area (Å²) in [6.45, 7) is 5.78. The van der Waals surface area contributed by atoms with Gasteiger partial charge in [0.25, 0.3) is 0 Å². The molecule has 0 radical (unpaired) electrons. The van der Waals surface area contributed by atoms with Gasteiger partial charge in [0.15, 0.2) is 0 Å². The Bertz CT molecular complexity index is 1070. The Hall–Kier alpha value is -2.56. The minimum Gasteiger partial charge on any atom is -0.497 e. The number of aryl methyl sites for hydroxylation is 2. The van der Waals surface area contributed by atoms with Gasteiger partial charge in [-0.05, 0) is 50.6 Å². The number of aromatic nitrogens is 1. The standard InChI is InChI=1S/C20H19N3O2S2/c1-11-7-18(15-8-14(25-4)5-6-17(15)22-11)26-10-19(24)23-20-16(9-21)12(2)13(3)27-20/h5-8H,10H2,1-4H3,(H,23,24). The summed E-state index contributed by atoms with van der Waals surface area (Å²) in [5.41, 5.74) is 3.24. The first-order valence-corrected chi connectivity index (χ1v) is 10.1. The van der Waals surface area contributed by atoms with Gasteiger partial charge in [0.1, 0.15) is 16.8 Å². The van der Waals surface area contributed by atoms with Gasteiger partial charge in [0.05, 0.1) is 23.9 Å². The van der Waals surface area contributed by atoms with E-state index in [0.717, 1.165) is 37.7 Å². The number of nitrogens with zero attached hydrogens (tertiary/aromatic N) is 2. The third-order valence-corrected chi connectivity index (χ3v) is 6.39. The van der Waals surface area contributed by atoms with Gasteiger partial charge in [0.2, 0.25) is 5.91 Å². The minimum absolute atomic E-state index is 0.136. The van der Waals surface area contributed by atoms with E-state index in [1.165, 1.54) is 23.1 Å². The lowest BCUT2D eigenvalue weighted by Crippen LogP contribution is -2.14. The molecule has 3 aromatic rings. The van der Waals surface area contributed by atoms with E-state index in [1.54, 1.807) is 7.11 Å². The third-order valence-electron chi connectivity index (χ3n) is 4.21. The smallest absolute Gasteiger partial charge is 0.235 e. The Balaban J connectivity index is 1.79. The minimum atomic E-state index is -0.136. The van der Waals surface area contributed by atoms with Crippen LogP contribution in [0.25, 0.3) is 10.9 Å². The van der Waals surface area contributed by atoms with Crippen molar-refractivity contribution in [3.63, 3.8) is 0 Å². The molecule has 3 rings (SSSR count). The second-order valence-corrected chi connectivity index (χ2v) is 8.32. The molecule has 27 heavy (non-hydrogen) atoms. The van der Waals surface area contributed by atoms with Crippen LogP contribution in [-0.2, 0) is 4.79 Å². The van der Waals surface area contributed by atoms with Gasteiger partial charge in [-0.25, -0.2) is 0 Å². The summed E-state index contributed by atoms with van der Waals surface area (Å²) in [5.74, 6) is 0.863. The Morgan fingerprint density at radius 3 is 2.81 bits per heavy atom. The average molecular weight is 398 g/mol. The summed E-state index contributed by atoms with van der Waals surface area (Å²) < 4.78 is 5.31. The van der Waals surface area contributed by atoms with Gasteiger partial charge in [-0.2, -0.15) is 5.26 Å². The highest BCUT2D eigenvalue weighted by molar-refractivity contribution is 8.00. The van der Waals surface area contributed by atoms with Crippen molar-refractivity contribution in [3.05, 3.63) is 46.0 Å². The lowest BCUT2D eigenvalue weighted by molar-refractivity contribution is -0.113. The number of carbonyl (C=O) groups excluding carboxylic acids is 1. The van der Waals surface area contributed by atoms with Crippen molar-refractivity contribution in [2.75, 3.05) is 18.2 Å². The van der Waals surface area contributed by atoms with Crippen molar-refractivity contribution in [1.29, 1.82) is 5.26 Å². The van der Waals surface area contributed by atoms with Crippen molar-refractivity contribution >= 4 is 44.9 Å². The maximum Gasteiger partial charge on any atom is 0.235 e. The summed E-state index contributed by atoms with van der Waals surface area (Å²) in [4.78, 5) is 19.0. The molecule has 2 aromatic heterocycles. The number of amides is 1. The highest BCUT2D eigenvalue weighted by Crippen LogP contribution is 2.33. The highest BCUT2D eigenvalue weighted by atomic mass is 32.2. The predicted molar refractivity (Wildman–Crippen MR) is 111 cm³/mol. The van der Waals surface area contributed by atoms with Gasteiger partial charge in [-0.15, -0.1) is 23.1 Å². The van der Waals surface area contributed by atoms with Crippen LogP contribution in [0.3, 0.4) is 0 Å². The molecule has 0 unspecified atom stereocenters. The Labute approximate surface area is 166 Å². The number of rotatable bonds is 5. The topological polar surface area (TPSA) is 75.0 Å². The number of nitrogens with one attached hydrogen (secondary N) is 1. The van der Waals surface area contributed by atoms with Crippen molar-refractivity contribution in [1.82, 2.24) is 4.98 Å². The average Bonchev–Trinajstić information content (AvgIpc) is 2.92. The van der Waals surface area contributed by atoms with E-state index in [2.05, 4.69) is 16.4 Å². The normalized spacial score (nSPS) is 10.6. The Morgan fingerprint density at radius 1 is 1.33 bits per heavy atom. The molecule has 0 saturated carbocycles. The van der Waals surface area contributed by atoms with Crippen molar-refractivity contribution < 1.29 is 9.53 Å². The lowest BCUT2D eigenvalue weighted by Gasteiger charge is -2.09. The molecule has 0 fully saturated rings. The van der Waals surface area contributed by atoms with Crippen molar-refractivity contribution in [2.45, 2.75) is 25.7 Å². The first-order valence-electron chi connectivity index (χ1n) is 8.31. The molecule has 1 N–H and O–H groups in total. The number of carbonyl (C=O) groups is 1. The number of thioether (sulfide) groups is 1. The molecule has 0 aliphatic carbocycles. The summed E-state index contributed by atoms with van der Waals surface area (Å²) in [5, 5.41) is 13.8. The van der Waals surface area contributed by atoms with Crippen LogP contribution in [0.1, 0.15) is 21.7 Å². The number of anilines is 1. The molecule has 0 spiro atoms. The molecule has 1 amide bonds. The van der Waals surface area contributed by atoms with E-state index in [9.17, 15) is 10.1 Å². The number of nitriles is 1. The largest absolute Gasteiger partial charge is 0.497 e. The zero-order valence-corrected chi connectivity index (χ0v) is 17.2. The van der Waals surface area contributed by atoms with Gasteiger partial charge in [0, 0.05) is 20.9 Å². The lowest BCUT2D eigenvalue weighted by atomic mass is 10.2. The van der Waals surface area contributed by atoms with Gasteiger partial charge < -0.3 is 10.1 Å². The number of hydrogen-bond acceptors (Lipinski definition) is 6. The van der Waals surface area contributed by atoms with E-state index >= 15 is 0 Å². The zero-order chi connectivity index (χ0) is 19.6. The number of methoxy groups -OCH3 is 1. The summed E-state index contributed by atoms with van der Waals surface area (Å²) >= 11 is 2.88. The number of pyridine rings is 1. The van der Waals surface area contributed by atoms with E-state index < -0.39 is 0 Å². The van der Waals surface area contributed by atoms with Crippen LogP contribution < -0.4 is 10.1 Å². The second-order valence-electron chi connectivity index (χ2n) is 6.08. The van der Waals surface area contributed by atoms with E-state index in [4.69, 9.17) is 4.74 Å². The first-order chi connectivity index (χ1) is 12.9. The maximum atomic E-state index is 12.4. The van der Waals surface area contributed by atoms with E-state index in [1.807, 2.05) is 45.0 Å². The number of thiophene rings is 1.